The molecule has 1 atom stereocenters. The van der Waals surface area contributed by atoms with Crippen LogP contribution in [0.2, 0.25) is 0 Å². The van der Waals surface area contributed by atoms with E-state index in [0.717, 1.165) is 42.9 Å². The molecule has 0 unspecified atom stereocenters. The van der Waals surface area contributed by atoms with E-state index in [1.54, 1.807) is 11.8 Å². The largest absolute Gasteiger partial charge is 0.383 e. The van der Waals surface area contributed by atoms with Gasteiger partial charge in [0.15, 0.2) is 6.04 Å². The minimum atomic E-state index is -0.222. The molecule has 3 heterocycles. The number of aromatic nitrogens is 5. The Hall–Kier alpha value is -2.62. The van der Waals surface area contributed by atoms with Gasteiger partial charge in [-0.05, 0) is 59.0 Å². The Morgan fingerprint density at radius 2 is 1.90 bits per heavy atom. The number of nitrogens with zero attached hydrogens (tertiary/aromatic N) is 4. The van der Waals surface area contributed by atoms with Crippen molar-refractivity contribution in [1.82, 2.24) is 25.2 Å². The van der Waals surface area contributed by atoms with Crippen LogP contribution in [0.15, 0.2) is 23.0 Å². The van der Waals surface area contributed by atoms with E-state index in [0.29, 0.717) is 18.7 Å². The van der Waals surface area contributed by atoms with Gasteiger partial charge < -0.3 is 19.5 Å². The van der Waals surface area contributed by atoms with Gasteiger partial charge in [-0.25, -0.2) is 4.68 Å². The molecule has 0 amide bonds. The van der Waals surface area contributed by atoms with E-state index in [-0.39, 0.29) is 11.6 Å². The van der Waals surface area contributed by atoms with Gasteiger partial charge in [-0.3, -0.25) is 4.79 Å². The van der Waals surface area contributed by atoms with Gasteiger partial charge in [-0.15, -0.1) is 5.10 Å². The molecule has 1 aliphatic heterocycles. The predicted octanol–water partition coefficient (Wildman–Crippen LogP) is -1.72. The highest BCUT2D eigenvalue weighted by Crippen LogP contribution is 2.21. The number of pyridine rings is 1. The van der Waals surface area contributed by atoms with Crippen LogP contribution in [-0.4, -0.2) is 72.1 Å². The Labute approximate surface area is 175 Å². The van der Waals surface area contributed by atoms with E-state index >= 15 is 0 Å². The minimum Gasteiger partial charge on any atom is -0.383 e. The van der Waals surface area contributed by atoms with Crippen LogP contribution in [0, 0.1) is 13.8 Å². The van der Waals surface area contributed by atoms with Gasteiger partial charge >= 0.3 is 0 Å². The second-order valence-corrected chi connectivity index (χ2v) is 8.38. The molecule has 30 heavy (non-hydrogen) atoms. The summed E-state index contributed by atoms with van der Waals surface area (Å²) in [4.78, 5) is 19.2. The maximum absolute atomic E-state index is 13.2. The van der Waals surface area contributed by atoms with E-state index in [1.807, 2.05) is 12.1 Å². The van der Waals surface area contributed by atoms with Crippen molar-refractivity contribution in [2.45, 2.75) is 26.4 Å². The van der Waals surface area contributed by atoms with Crippen molar-refractivity contribution < 1.29 is 14.5 Å². The van der Waals surface area contributed by atoms with E-state index in [1.165, 1.54) is 20.9 Å². The number of piperazine rings is 1. The van der Waals surface area contributed by atoms with Crippen molar-refractivity contribution in [2.75, 3.05) is 46.9 Å². The van der Waals surface area contributed by atoms with Crippen molar-refractivity contribution in [3.8, 4) is 0 Å². The summed E-state index contributed by atoms with van der Waals surface area (Å²) in [6.45, 7) is 9.24. The molecule has 3 N–H and O–H groups in total. The molecular weight excluding hydrogens is 382 g/mol. The molecule has 9 nitrogen and oxygen atoms in total. The number of methoxy groups -OCH3 is 1. The lowest BCUT2D eigenvalue weighted by atomic mass is 10.0. The van der Waals surface area contributed by atoms with E-state index < -0.39 is 0 Å². The molecule has 1 aromatic carbocycles. The fourth-order valence-electron chi connectivity index (χ4n) is 4.29. The number of fused-ring (bicyclic) bond motifs is 1. The number of nitrogens with one attached hydrogen (secondary N) is 3. The van der Waals surface area contributed by atoms with Gasteiger partial charge in [0.25, 0.3) is 5.56 Å². The SMILES string of the molecule is COCCn1nnnc1[C@H](c1cc2cc(C)c(C)cc2[nH]c1=O)[NH+]1CC[NH+](C)CC1. The third kappa shape index (κ3) is 4.00. The molecule has 0 bridgehead atoms. The predicted molar refractivity (Wildman–Crippen MR) is 113 cm³/mol. The molecule has 0 radical (unpaired) electrons. The summed E-state index contributed by atoms with van der Waals surface area (Å²) in [5.41, 5.74) is 3.88. The molecule has 0 spiro atoms. The van der Waals surface area contributed by atoms with Gasteiger partial charge in [-0.1, -0.05) is 0 Å². The molecule has 1 fully saturated rings. The molecule has 160 valence electrons. The van der Waals surface area contributed by atoms with Crippen molar-refractivity contribution in [1.29, 1.82) is 0 Å². The van der Waals surface area contributed by atoms with Crippen LogP contribution >= 0.6 is 0 Å². The Bertz CT molecular complexity index is 1080. The van der Waals surface area contributed by atoms with Crippen molar-refractivity contribution in [2.24, 2.45) is 0 Å². The van der Waals surface area contributed by atoms with Gasteiger partial charge in [0.1, 0.15) is 26.2 Å². The highest BCUT2D eigenvalue weighted by Gasteiger charge is 2.36. The van der Waals surface area contributed by atoms with Crippen LogP contribution < -0.4 is 15.4 Å². The lowest BCUT2D eigenvalue weighted by Gasteiger charge is -2.32. The van der Waals surface area contributed by atoms with Crippen molar-refractivity contribution in [3.05, 3.63) is 51.1 Å². The van der Waals surface area contributed by atoms with E-state index in [4.69, 9.17) is 4.74 Å². The summed E-state index contributed by atoms with van der Waals surface area (Å²) < 4.78 is 7.00. The van der Waals surface area contributed by atoms with Gasteiger partial charge in [0.2, 0.25) is 5.82 Å². The number of aryl methyl sites for hydroxylation is 2. The quantitative estimate of drug-likeness (QED) is 0.447. The summed E-state index contributed by atoms with van der Waals surface area (Å²) in [5.74, 6) is 0.718. The topological polar surface area (TPSA) is 94.6 Å². The van der Waals surface area contributed by atoms with E-state index in [2.05, 4.69) is 47.5 Å². The summed E-state index contributed by atoms with van der Waals surface area (Å²) in [6.07, 6.45) is 0. The van der Waals surface area contributed by atoms with Crippen LogP contribution in [0.5, 0.6) is 0 Å². The third-order valence-electron chi connectivity index (χ3n) is 6.28. The standard InChI is InChI=1S/C21H29N7O2/c1-14-11-16-13-17(21(29)22-18(16)12-15(14)2)19(27-7-5-26(3)6-8-27)20-23-24-25-28(20)9-10-30-4/h11-13,19H,5-10H2,1-4H3,(H,22,29)/p+2/t19-/m0/s1. The number of likely N-dealkylation sites (N-methyl/N-ethyl adjacent to an activating group) is 1. The van der Waals surface area contributed by atoms with Gasteiger partial charge in [-0.2, -0.15) is 0 Å². The van der Waals surface area contributed by atoms with Crippen LogP contribution in [0.3, 0.4) is 0 Å². The Balaban J connectivity index is 1.84. The average molecular weight is 414 g/mol. The maximum Gasteiger partial charge on any atom is 0.258 e. The number of quaternary nitrogens is 2. The molecule has 1 saturated heterocycles. The first-order valence-corrected chi connectivity index (χ1v) is 10.5. The summed E-state index contributed by atoms with van der Waals surface area (Å²) >= 11 is 0. The smallest absolute Gasteiger partial charge is 0.258 e. The second kappa shape index (κ2) is 8.63. The number of benzene rings is 1. The fourth-order valence-corrected chi connectivity index (χ4v) is 4.29. The minimum absolute atomic E-state index is 0.0733. The lowest BCUT2D eigenvalue weighted by Crippen LogP contribution is -3.27. The van der Waals surface area contributed by atoms with E-state index in [9.17, 15) is 4.79 Å². The fraction of sp³-hybridized carbons (Fsp3) is 0.524. The summed E-state index contributed by atoms with van der Waals surface area (Å²) in [7, 11) is 3.87. The molecular formula is C21H31N7O2+2. The van der Waals surface area contributed by atoms with Crippen molar-refractivity contribution >= 4 is 10.9 Å². The maximum atomic E-state index is 13.2. The summed E-state index contributed by atoms with van der Waals surface area (Å²) in [5, 5.41) is 13.5. The van der Waals surface area contributed by atoms with Gasteiger partial charge in [0, 0.05) is 12.6 Å². The lowest BCUT2D eigenvalue weighted by molar-refractivity contribution is -1.02. The molecule has 2 aromatic heterocycles. The number of aromatic amines is 1. The number of tetrazole rings is 1. The first kappa shape index (κ1) is 20.6. The van der Waals surface area contributed by atoms with Crippen LogP contribution in [-0.2, 0) is 11.3 Å². The highest BCUT2D eigenvalue weighted by molar-refractivity contribution is 5.80. The molecule has 0 aliphatic carbocycles. The molecule has 0 saturated carbocycles. The van der Waals surface area contributed by atoms with Gasteiger partial charge in [0.05, 0.1) is 25.8 Å². The number of H-pyrrole nitrogens is 1. The first-order chi connectivity index (χ1) is 14.5. The monoisotopic (exact) mass is 413 g/mol. The summed E-state index contributed by atoms with van der Waals surface area (Å²) in [6, 6.07) is 5.98. The second-order valence-electron chi connectivity index (χ2n) is 8.38. The molecule has 3 aromatic rings. The van der Waals surface area contributed by atoms with Crippen LogP contribution in [0.4, 0.5) is 0 Å². The Morgan fingerprint density at radius 3 is 2.63 bits per heavy atom. The number of ether oxygens (including phenoxy) is 1. The number of hydrogen-bond acceptors (Lipinski definition) is 5. The Morgan fingerprint density at radius 1 is 1.17 bits per heavy atom. The molecule has 4 rings (SSSR count). The first-order valence-electron chi connectivity index (χ1n) is 10.5. The zero-order chi connectivity index (χ0) is 21.3. The zero-order valence-corrected chi connectivity index (χ0v) is 18.2. The third-order valence-corrected chi connectivity index (χ3v) is 6.28. The van der Waals surface area contributed by atoms with Crippen LogP contribution in [0.25, 0.3) is 10.9 Å². The van der Waals surface area contributed by atoms with Crippen LogP contribution in [0.1, 0.15) is 28.6 Å². The molecule has 9 heteroatoms. The number of rotatable bonds is 6. The molecule has 1 aliphatic rings. The zero-order valence-electron chi connectivity index (χ0n) is 18.2. The normalized spacial score (nSPS) is 20.5. The van der Waals surface area contributed by atoms with Crippen molar-refractivity contribution in [3.63, 3.8) is 0 Å². The average Bonchev–Trinajstić information content (AvgIpc) is 3.18. The number of hydrogen-bond donors (Lipinski definition) is 3. The highest BCUT2D eigenvalue weighted by atomic mass is 16.5. The Kier molecular flexibility index (Phi) is 5.94.